The van der Waals surface area contributed by atoms with Crippen molar-refractivity contribution in [1.82, 2.24) is 4.40 Å². The average Bonchev–Trinajstić information content (AvgIpc) is 2.94. The van der Waals surface area contributed by atoms with E-state index in [-0.39, 0.29) is 0 Å². The van der Waals surface area contributed by atoms with Crippen LogP contribution in [-0.2, 0) is 0 Å². The molecule has 0 radical (unpaired) electrons. The van der Waals surface area contributed by atoms with Crippen molar-refractivity contribution in [2.75, 3.05) is 0 Å². The van der Waals surface area contributed by atoms with E-state index in [0.29, 0.717) is 5.69 Å². The third kappa shape index (κ3) is 1.85. The van der Waals surface area contributed by atoms with Gasteiger partial charge in [-0.3, -0.25) is 4.79 Å². The molecule has 2 nitrogen and oxygen atoms in total. The zero-order valence-electron chi connectivity index (χ0n) is 12.3. The number of pyridine rings is 1. The van der Waals surface area contributed by atoms with Crippen LogP contribution >= 0.6 is 0 Å². The largest absolute Gasteiger partial charge is 0.313 e. The van der Waals surface area contributed by atoms with Crippen LogP contribution in [-0.4, -0.2) is 10.7 Å². The Morgan fingerprint density at radius 2 is 1.73 bits per heavy atom. The van der Waals surface area contributed by atoms with Gasteiger partial charge in [0.2, 0.25) is 0 Å². The first kappa shape index (κ1) is 12.8. The lowest BCUT2D eigenvalue weighted by Crippen LogP contribution is -1.92. The lowest BCUT2D eigenvalue weighted by molar-refractivity contribution is 0.111. The van der Waals surface area contributed by atoms with Crippen LogP contribution in [0.4, 0.5) is 0 Å². The van der Waals surface area contributed by atoms with Crippen molar-refractivity contribution in [2.24, 2.45) is 0 Å². The van der Waals surface area contributed by atoms with Crippen molar-refractivity contribution in [3.8, 4) is 11.1 Å². The molecule has 106 valence electrons. The van der Waals surface area contributed by atoms with E-state index in [1.54, 1.807) is 0 Å². The molecule has 0 amide bonds. The number of hydrogen-bond donors (Lipinski definition) is 0. The smallest absolute Gasteiger partial charge is 0.167 e. The number of hydrogen-bond acceptors (Lipinski definition) is 1. The molecule has 0 spiro atoms. The van der Waals surface area contributed by atoms with Gasteiger partial charge in [0.1, 0.15) is 0 Å². The molecule has 0 N–H and O–H groups in total. The molecule has 0 saturated carbocycles. The van der Waals surface area contributed by atoms with Gasteiger partial charge >= 0.3 is 0 Å². The Kier molecular flexibility index (Phi) is 2.83. The number of aldehydes is 1. The highest BCUT2D eigenvalue weighted by Crippen LogP contribution is 2.30. The molecular weight excluding hydrogens is 270 g/mol. The minimum atomic E-state index is 0.703. The fraction of sp³-hybridized carbons (Fsp3) is 0.0500. The van der Waals surface area contributed by atoms with Crippen molar-refractivity contribution < 1.29 is 4.79 Å². The number of carbonyl (C=O) groups excluding carboxylic acids is 1. The molecule has 0 aliphatic carbocycles. The minimum absolute atomic E-state index is 0.703. The molecule has 0 unspecified atom stereocenters. The minimum Gasteiger partial charge on any atom is -0.313 e. The molecule has 0 aliphatic heterocycles. The molecule has 0 bridgehead atoms. The molecule has 0 saturated heterocycles. The normalized spacial score (nSPS) is 11.1. The summed E-state index contributed by atoms with van der Waals surface area (Å²) in [5, 5.41) is 2.39. The Bertz CT molecular complexity index is 1010. The van der Waals surface area contributed by atoms with Gasteiger partial charge in [-0.25, -0.2) is 0 Å². The van der Waals surface area contributed by atoms with Gasteiger partial charge in [0.25, 0.3) is 0 Å². The average molecular weight is 285 g/mol. The fourth-order valence-corrected chi connectivity index (χ4v) is 3.07. The van der Waals surface area contributed by atoms with Crippen molar-refractivity contribution in [2.45, 2.75) is 6.92 Å². The lowest BCUT2D eigenvalue weighted by Gasteiger charge is -2.03. The predicted molar refractivity (Wildman–Crippen MR) is 90.5 cm³/mol. The second-order valence-electron chi connectivity index (χ2n) is 5.57. The van der Waals surface area contributed by atoms with Gasteiger partial charge in [0.15, 0.2) is 6.29 Å². The maximum atomic E-state index is 11.6. The van der Waals surface area contributed by atoms with Gasteiger partial charge in [-0.2, -0.15) is 0 Å². The summed E-state index contributed by atoms with van der Waals surface area (Å²) in [6, 6.07) is 20.7. The van der Waals surface area contributed by atoms with Crippen LogP contribution in [0.5, 0.6) is 0 Å². The Morgan fingerprint density at radius 1 is 0.909 bits per heavy atom. The molecule has 2 heteroatoms. The lowest BCUT2D eigenvalue weighted by atomic mass is 10.0. The number of benzene rings is 2. The molecule has 0 aliphatic rings. The summed E-state index contributed by atoms with van der Waals surface area (Å²) in [7, 11) is 0. The van der Waals surface area contributed by atoms with E-state index in [1.165, 1.54) is 10.8 Å². The van der Waals surface area contributed by atoms with Crippen LogP contribution in [0.2, 0.25) is 0 Å². The molecule has 2 aromatic heterocycles. The van der Waals surface area contributed by atoms with E-state index in [4.69, 9.17) is 0 Å². The van der Waals surface area contributed by atoms with Gasteiger partial charge in [0, 0.05) is 17.3 Å². The predicted octanol–water partition coefficient (Wildman–Crippen LogP) is 4.88. The first-order valence-corrected chi connectivity index (χ1v) is 7.33. The first-order chi connectivity index (χ1) is 10.8. The van der Waals surface area contributed by atoms with E-state index in [0.717, 1.165) is 28.5 Å². The van der Waals surface area contributed by atoms with E-state index < -0.39 is 0 Å². The highest BCUT2D eigenvalue weighted by Gasteiger charge is 2.12. The number of aryl methyl sites for hydroxylation is 1. The van der Waals surface area contributed by atoms with Crippen LogP contribution in [0, 0.1) is 6.92 Å². The molecule has 0 atom stereocenters. The topological polar surface area (TPSA) is 21.5 Å². The SMILES string of the molecule is Cc1cccn2c(C=O)c(-c3ccc4ccccc4c3)cc12. The van der Waals surface area contributed by atoms with Crippen LogP contribution in [0.25, 0.3) is 27.4 Å². The highest BCUT2D eigenvalue weighted by molar-refractivity contribution is 5.94. The zero-order chi connectivity index (χ0) is 15.1. The van der Waals surface area contributed by atoms with E-state index >= 15 is 0 Å². The number of fused-ring (bicyclic) bond motifs is 2. The van der Waals surface area contributed by atoms with Gasteiger partial charge in [-0.05, 0) is 47.0 Å². The maximum absolute atomic E-state index is 11.6. The molecule has 4 aromatic rings. The fourth-order valence-electron chi connectivity index (χ4n) is 3.07. The summed E-state index contributed by atoms with van der Waals surface area (Å²) in [5.41, 5.74) is 5.00. The molecule has 0 fully saturated rings. The van der Waals surface area contributed by atoms with Crippen molar-refractivity contribution in [3.63, 3.8) is 0 Å². The monoisotopic (exact) mass is 285 g/mol. The summed E-state index contributed by atoms with van der Waals surface area (Å²) >= 11 is 0. The summed E-state index contributed by atoms with van der Waals surface area (Å²) in [6.07, 6.45) is 2.88. The van der Waals surface area contributed by atoms with Gasteiger partial charge in [0.05, 0.1) is 5.69 Å². The Labute approximate surface area is 128 Å². The van der Waals surface area contributed by atoms with Gasteiger partial charge in [-0.1, -0.05) is 42.5 Å². The number of rotatable bonds is 2. The highest BCUT2D eigenvalue weighted by atomic mass is 16.1. The van der Waals surface area contributed by atoms with Crippen LogP contribution < -0.4 is 0 Å². The number of aromatic nitrogens is 1. The quantitative estimate of drug-likeness (QED) is 0.481. The van der Waals surface area contributed by atoms with Crippen LogP contribution in [0.1, 0.15) is 16.1 Å². The number of nitrogens with zero attached hydrogens (tertiary/aromatic N) is 1. The summed E-state index contributed by atoms with van der Waals surface area (Å²) in [6.45, 7) is 2.06. The third-order valence-corrected chi connectivity index (χ3v) is 4.23. The Hall–Kier alpha value is -2.87. The standard InChI is InChI=1S/C20H15NO/c1-14-5-4-10-21-19(14)12-18(20(21)13-22)17-9-8-15-6-2-3-7-16(15)11-17/h2-13H,1H3. The van der Waals surface area contributed by atoms with Crippen LogP contribution in [0.15, 0.2) is 66.9 Å². The zero-order valence-corrected chi connectivity index (χ0v) is 12.3. The summed E-state index contributed by atoms with van der Waals surface area (Å²) < 4.78 is 1.97. The van der Waals surface area contributed by atoms with Crippen molar-refractivity contribution in [1.29, 1.82) is 0 Å². The molecule has 2 heterocycles. The second-order valence-corrected chi connectivity index (χ2v) is 5.57. The van der Waals surface area contributed by atoms with E-state index in [9.17, 15) is 4.79 Å². The molecule has 22 heavy (non-hydrogen) atoms. The van der Waals surface area contributed by atoms with Gasteiger partial charge < -0.3 is 4.40 Å². The maximum Gasteiger partial charge on any atom is 0.167 e. The van der Waals surface area contributed by atoms with E-state index in [1.807, 2.05) is 28.8 Å². The van der Waals surface area contributed by atoms with Gasteiger partial charge in [-0.15, -0.1) is 0 Å². The van der Waals surface area contributed by atoms with E-state index in [2.05, 4.69) is 49.4 Å². The number of carbonyl (C=O) groups is 1. The second kappa shape index (κ2) is 4.85. The summed E-state index contributed by atoms with van der Waals surface area (Å²) in [4.78, 5) is 11.6. The van der Waals surface area contributed by atoms with Crippen LogP contribution in [0.3, 0.4) is 0 Å². The Morgan fingerprint density at radius 3 is 2.55 bits per heavy atom. The first-order valence-electron chi connectivity index (χ1n) is 7.33. The van der Waals surface area contributed by atoms with Crippen molar-refractivity contribution >= 4 is 22.6 Å². The molecule has 2 aromatic carbocycles. The Balaban J connectivity index is 2.03. The molecular formula is C20H15NO. The molecule has 4 rings (SSSR count). The van der Waals surface area contributed by atoms with Crippen molar-refractivity contribution in [3.05, 3.63) is 78.1 Å². The summed E-state index contributed by atoms with van der Waals surface area (Å²) in [5.74, 6) is 0. The third-order valence-electron chi connectivity index (χ3n) is 4.23.